The Morgan fingerprint density at radius 1 is 1.16 bits per heavy atom. The number of hydrogen-bond donors (Lipinski definition) is 2. The Balaban J connectivity index is 1.50. The Morgan fingerprint density at radius 3 is 2.52 bits per heavy atom. The summed E-state index contributed by atoms with van der Waals surface area (Å²) in [5, 5.41) is 15.7. The van der Waals surface area contributed by atoms with Crippen molar-refractivity contribution in [2.75, 3.05) is 7.05 Å². The van der Waals surface area contributed by atoms with Crippen LogP contribution in [0.15, 0.2) is 35.8 Å². The quantitative estimate of drug-likeness (QED) is 0.218. The second-order valence-electron chi connectivity index (χ2n) is 12.5. The van der Waals surface area contributed by atoms with Crippen LogP contribution in [0.25, 0.3) is 10.9 Å². The minimum absolute atomic E-state index is 0.0834. The molecule has 44 heavy (non-hydrogen) atoms. The van der Waals surface area contributed by atoms with Crippen LogP contribution in [0.5, 0.6) is 0 Å². The molecular weight excluding hydrogens is 580 g/mol. The molecule has 1 unspecified atom stereocenters. The van der Waals surface area contributed by atoms with Crippen LogP contribution in [0, 0.1) is 17.8 Å². The van der Waals surface area contributed by atoms with E-state index in [4.69, 9.17) is 4.74 Å². The molecule has 1 aliphatic rings. The van der Waals surface area contributed by atoms with Crippen LogP contribution in [0.4, 0.5) is 0 Å². The Morgan fingerprint density at radius 2 is 1.89 bits per heavy atom. The van der Waals surface area contributed by atoms with Gasteiger partial charge in [0.25, 0.3) is 5.91 Å². The van der Waals surface area contributed by atoms with Gasteiger partial charge in [-0.2, -0.15) is 0 Å². The number of nitrogens with zero attached hydrogens (tertiary/aromatic N) is 3. The van der Waals surface area contributed by atoms with Gasteiger partial charge >= 0.3 is 11.9 Å². The first-order valence-corrected chi connectivity index (χ1v) is 16.2. The van der Waals surface area contributed by atoms with E-state index in [1.807, 2.05) is 49.9 Å². The number of ether oxygens (including phenoxy) is 1. The molecule has 1 aromatic carbocycles. The Kier molecular flexibility index (Phi) is 10.8. The van der Waals surface area contributed by atoms with Crippen molar-refractivity contribution < 1.29 is 29.0 Å². The summed E-state index contributed by atoms with van der Waals surface area (Å²) in [5.74, 6) is -1.82. The predicted molar refractivity (Wildman–Crippen MR) is 169 cm³/mol. The van der Waals surface area contributed by atoms with Crippen molar-refractivity contribution in [1.82, 2.24) is 19.8 Å². The number of amides is 2. The van der Waals surface area contributed by atoms with Crippen LogP contribution in [-0.4, -0.2) is 62.4 Å². The van der Waals surface area contributed by atoms with Gasteiger partial charge in [0.15, 0.2) is 6.10 Å². The summed E-state index contributed by atoms with van der Waals surface area (Å²) < 4.78 is 7.71. The van der Waals surface area contributed by atoms with E-state index >= 15 is 0 Å². The third-order valence-electron chi connectivity index (χ3n) is 8.44. The van der Waals surface area contributed by atoms with Gasteiger partial charge in [0.1, 0.15) is 10.7 Å². The maximum atomic E-state index is 13.4. The second kappa shape index (κ2) is 14.4. The lowest BCUT2D eigenvalue weighted by molar-refractivity contribution is -0.148. The molecule has 1 saturated carbocycles. The van der Waals surface area contributed by atoms with Gasteiger partial charge in [0, 0.05) is 63.0 Å². The Bertz CT molecular complexity index is 1490. The summed E-state index contributed by atoms with van der Waals surface area (Å²) in [6.07, 6.45) is 5.03. The first-order chi connectivity index (χ1) is 20.8. The lowest BCUT2D eigenvalue weighted by Crippen LogP contribution is -2.42. The number of aliphatic carboxylic acids is 1. The molecule has 2 heterocycles. The smallest absolute Gasteiger partial charge is 0.306 e. The number of carbonyl (C=O) groups excluding carboxylic acids is 3. The molecule has 0 saturated heterocycles. The molecule has 2 N–H and O–H groups in total. The SMILES string of the molecule is CC(=O)O[C@H](CC(C(C)C)N(C)C(=O)CC1CC1)c1nc(C(=O)N[C@@H](Cc2ccc3c(ccn3C)c2)C[C@H](C)C(=O)O)cs1. The van der Waals surface area contributed by atoms with Crippen molar-refractivity contribution in [3.63, 3.8) is 0 Å². The van der Waals surface area contributed by atoms with Gasteiger partial charge in [-0.05, 0) is 66.7 Å². The summed E-state index contributed by atoms with van der Waals surface area (Å²) in [4.78, 5) is 56.4. The number of hydrogen-bond acceptors (Lipinski definition) is 7. The van der Waals surface area contributed by atoms with Gasteiger partial charge in [-0.3, -0.25) is 19.2 Å². The highest BCUT2D eigenvalue weighted by Crippen LogP contribution is 2.35. The highest BCUT2D eigenvalue weighted by atomic mass is 32.1. The molecule has 0 radical (unpaired) electrons. The zero-order valence-corrected chi connectivity index (χ0v) is 27.2. The monoisotopic (exact) mass is 624 g/mol. The number of rotatable bonds is 15. The molecule has 4 atom stereocenters. The van der Waals surface area contributed by atoms with Gasteiger partial charge in [0.05, 0.1) is 5.92 Å². The minimum atomic E-state index is -0.928. The number of fused-ring (bicyclic) bond motifs is 1. The molecule has 11 heteroatoms. The number of carbonyl (C=O) groups is 4. The van der Waals surface area contributed by atoms with Gasteiger partial charge in [-0.1, -0.05) is 26.8 Å². The van der Waals surface area contributed by atoms with Crippen LogP contribution in [0.1, 0.15) is 87.0 Å². The van der Waals surface area contributed by atoms with Gasteiger partial charge in [-0.25, -0.2) is 4.98 Å². The van der Waals surface area contributed by atoms with Crippen LogP contribution in [0.3, 0.4) is 0 Å². The van der Waals surface area contributed by atoms with E-state index < -0.39 is 35.9 Å². The molecular formula is C33H44N4O6S. The first kappa shape index (κ1) is 33.2. The van der Waals surface area contributed by atoms with Gasteiger partial charge < -0.3 is 24.6 Å². The zero-order chi connectivity index (χ0) is 32.1. The van der Waals surface area contributed by atoms with Crippen LogP contribution >= 0.6 is 11.3 Å². The number of aryl methyl sites for hydroxylation is 1. The molecule has 0 bridgehead atoms. The third kappa shape index (κ3) is 8.68. The summed E-state index contributed by atoms with van der Waals surface area (Å²) in [7, 11) is 3.78. The Labute approximate surface area is 262 Å². The van der Waals surface area contributed by atoms with E-state index in [1.54, 1.807) is 24.3 Å². The highest BCUT2D eigenvalue weighted by Gasteiger charge is 2.33. The first-order valence-electron chi connectivity index (χ1n) is 15.3. The lowest BCUT2D eigenvalue weighted by atomic mass is 9.95. The number of nitrogens with one attached hydrogen (secondary N) is 1. The molecule has 10 nitrogen and oxygen atoms in total. The Hall–Kier alpha value is -3.73. The maximum absolute atomic E-state index is 13.4. The maximum Gasteiger partial charge on any atom is 0.306 e. The van der Waals surface area contributed by atoms with E-state index in [1.165, 1.54) is 18.3 Å². The molecule has 1 fully saturated rings. The van der Waals surface area contributed by atoms with Crippen LogP contribution < -0.4 is 5.32 Å². The van der Waals surface area contributed by atoms with E-state index in [2.05, 4.69) is 16.4 Å². The molecule has 0 spiro atoms. The third-order valence-corrected chi connectivity index (χ3v) is 9.38. The average molecular weight is 625 g/mol. The summed E-state index contributed by atoms with van der Waals surface area (Å²) >= 11 is 1.23. The van der Waals surface area contributed by atoms with E-state index in [9.17, 15) is 24.3 Å². The fourth-order valence-electron chi connectivity index (χ4n) is 5.66. The summed E-state index contributed by atoms with van der Waals surface area (Å²) in [6.45, 7) is 7.03. The molecule has 1 aliphatic carbocycles. The van der Waals surface area contributed by atoms with Crippen LogP contribution in [0.2, 0.25) is 0 Å². The number of carboxylic acids is 1. The second-order valence-corrected chi connectivity index (χ2v) is 13.4. The van der Waals surface area contributed by atoms with Gasteiger partial charge in [0.2, 0.25) is 5.91 Å². The number of thiazole rings is 1. The molecule has 3 aromatic rings. The van der Waals surface area contributed by atoms with Crippen molar-refractivity contribution in [3.05, 3.63) is 52.1 Å². The van der Waals surface area contributed by atoms with E-state index in [-0.39, 0.29) is 30.0 Å². The summed E-state index contributed by atoms with van der Waals surface area (Å²) in [6, 6.07) is 7.47. The topological polar surface area (TPSA) is 131 Å². The number of carboxylic acid groups (broad SMARTS) is 1. The molecule has 238 valence electrons. The highest BCUT2D eigenvalue weighted by molar-refractivity contribution is 7.09. The minimum Gasteiger partial charge on any atom is -0.481 e. The fraction of sp³-hybridized carbons (Fsp3) is 0.545. The van der Waals surface area contributed by atoms with Crippen molar-refractivity contribution in [3.8, 4) is 0 Å². The van der Waals surface area contributed by atoms with Crippen molar-refractivity contribution >= 4 is 46.0 Å². The molecule has 2 aromatic heterocycles. The molecule has 0 aliphatic heterocycles. The summed E-state index contributed by atoms with van der Waals surface area (Å²) in [5.41, 5.74) is 2.25. The largest absolute Gasteiger partial charge is 0.481 e. The number of esters is 1. The predicted octanol–water partition coefficient (Wildman–Crippen LogP) is 5.36. The average Bonchev–Trinajstić information content (AvgIpc) is 3.49. The van der Waals surface area contributed by atoms with Crippen molar-refractivity contribution in [1.29, 1.82) is 0 Å². The number of aromatic nitrogens is 2. The standard InChI is InChI=1S/C33H44N4O6S/c1-19(2)28(37(6)30(39)16-22-7-8-22)17-29(43-21(4)38)32-35-26(18-44-32)31(40)34-25(13-20(3)33(41)42)15-23-9-10-27-24(14-23)11-12-36(27)5/h9-12,14,18-20,22,25,28-29H,7-8,13,15-17H2,1-6H3,(H,34,40)(H,41,42)/t20-,25+,28?,29+/m0/s1. The lowest BCUT2D eigenvalue weighted by Gasteiger charge is -2.33. The van der Waals surface area contributed by atoms with Crippen molar-refractivity contribution in [2.45, 2.75) is 84.4 Å². The number of benzene rings is 1. The van der Waals surface area contributed by atoms with E-state index in [0.717, 1.165) is 29.3 Å². The van der Waals surface area contributed by atoms with E-state index in [0.29, 0.717) is 30.2 Å². The van der Waals surface area contributed by atoms with Gasteiger partial charge in [-0.15, -0.1) is 11.3 Å². The van der Waals surface area contributed by atoms with Crippen LogP contribution in [-0.2, 0) is 32.6 Å². The fourth-order valence-corrected chi connectivity index (χ4v) is 6.50. The zero-order valence-electron chi connectivity index (χ0n) is 26.4. The molecule has 4 rings (SSSR count). The normalized spacial score (nSPS) is 15.9. The molecule has 2 amide bonds. The van der Waals surface area contributed by atoms with Crippen molar-refractivity contribution in [2.24, 2.45) is 24.8 Å².